The molecule has 126 valence electrons. The molecule has 1 aromatic carbocycles. The molecule has 0 unspecified atom stereocenters. The van der Waals surface area contributed by atoms with Gasteiger partial charge in [-0.3, -0.25) is 4.79 Å². The molecule has 1 aliphatic heterocycles. The van der Waals surface area contributed by atoms with Crippen molar-refractivity contribution in [3.63, 3.8) is 0 Å². The Morgan fingerprint density at radius 1 is 1.21 bits per heavy atom. The highest BCUT2D eigenvalue weighted by Crippen LogP contribution is 2.27. The molecular weight excluding hydrogens is 335 g/mol. The predicted octanol–water partition coefficient (Wildman–Crippen LogP) is 2.73. The van der Waals surface area contributed by atoms with E-state index in [4.69, 9.17) is 16.3 Å². The monoisotopic (exact) mass is 350 g/mol. The van der Waals surface area contributed by atoms with Gasteiger partial charge in [-0.25, -0.2) is 14.4 Å². The summed E-state index contributed by atoms with van der Waals surface area (Å²) >= 11 is 5.72. The molecule has 0 spiro atoms. The average molecular weight is 351 g/mol. The van der Waals surface area contributed by atoms with Gasteiger partial charge in [0.05, 0.1) is 0 Å². The molecule has 24 heavy (non-hydrogen) atoms. The first-order valence-electron chi connectivity index (χ1n) is 7.48. The quantitative estimate of drug-likeness (QED) is 0.852. The van der Waals surface area contributed by atoms with Gasteiger partial charge >= 0.3 is 0 Å². The van der Waals surface area contributed by atoms with E-state index in [9.17, 15) is 9.18 Å². The van der Waals surface area contributed by atoms with Gasteiger partial charge in [-0.1, -0.05) is 11.6 Å². The second kappa shape index (κ2) is 7.00. The highest BCUT2D eigenvalue weighted by molar-refractivity contribution is 6.30. The van der Waals surface area contributed by atoms with Gasteiger partial charge < -0.3 is 14.5 Å². The highest BCUT2D eigenvalue weighted by atomic mass is 35.5. The number of hydrogen-bond acceptors (Lipinski definition) is 5. The fourth-order valence-electron chi connectivity index (χ4n) is 2.48. The summed E-state index contributed by atoms with van der Waals surface area (Å²) in [5, 5.41) is 0.298. The first-order chi connectivity index (χ1) is 11.5. The molecule has 6 nitrogen and oxygen atoms in total. The zero-order valence-corrected chi connectivity index (χ0v) is 13.8. The minimum atomic E-state index is -0.558. The van der Waals surface area contributed by atoms with Crippen LogP contribution in [0.5, 0.6) is 11.6 Å². The van der Waals surface area contributed by atoms with Crippen molar-refractivity contribution in [2.75, 3.05) is 31.1 Å². The number of aromatic nitrogens is 2. The third-order valence-corrected chi connectivity index (χ3v) is 4.02. The molecule has 0 bridgehead atoms. The summed E-state index contributed by atoms with van der Waals surface area (Å²) in [4.78, 5) is 23.4. The van der Waals surface area contributed by atoms with E-state index in [1.54, 1.807) is 24.0 Å². The first-order valence-corrected chi connectivity index (χ1v) is 7.86. The molecule has 1 aromatic heterocycles. The Balaban J connectivity index is 1.71. The predicted molar refractivity (Wildman–Crippen MR) is 88.0 cm³/mol. The number of halogens is 2. The number of anilines is 1. The average Bonchev–Trinajstić information content (AvgIpc) is 2.58. The lowest BCUT2D eigenvalue weighted by Crippen LogP contribution is -2.48. The van der Waals surface area contributed by atoms with Crippen molar-refractivity contribution in [1.82, 2.24) is 14.9 Å². The summed E-state index contributed by atoms with van der Waals surface area (Å²) in [5.41, 5.74) is 0. The van der Waals surface area contributed by atoms with Crippen LogP contribution in [0.15, 0.2) is 30.6 Å². The Kier molecular flexibility index (Phi) is 4.80. The molecule has 1 fully saturated rings. The second-order valence-corrected chi connectivity index (χ2v) is 5.82. The Bertz CT molecular complexity index is 751. The molecule has 1 aliphatic rings. The zero-order chi connectivity index (χ0) is 17.1. The van der Waals surface area contributed by atoms with Crippen molar-refractivity contribution in [1.29, 1.82) is 0 Å². The van der Waals surface area contributed by atoms with Gasteiger partial charge in [-0.15, -0.1) is 0 Å². The molecule has 1 amide bonds. The van der Waals surface area contributed by atoms with Gasteiger partial charge in [0.1, 0.15) is 12.1 Å². The van der Waals surface area contributed by atoms with Crippen molar-refractivity contribution in [2.45, 2.75) is 6.92 Å². The molecule has 0 atom stereocenters. The van der Waals surface area contributed by atoms with Gasteiger partial charge in [0.25, 0.3) is 0 Å². The van der Waals surface area contributed by atoms with Crippen LogP contribution in [0.4, 0.5) is 10.2 Å². The molecule has 0 aliphatic carbocycles. The van der Waals surface area contributed by atoms with Gasteiger partial charge in [0.2, 0.25) is 11.8 Å². The van der Waals surface area contributed by atoms with E-state index in [-0.39, 0.29) is 17.5 Å². The van der Waals surface area contributed by atoms with E-state index >= 15 is 0 Å². The Hall–Kier alpha value is -2.41. The number of ether oxygens (including phenoxy) is 1. The molecule has 2 aromatic rings. The van der Waals surface area contributed by atoms with Crippen LogP contribution in [0.25, 0.3) is 0 Å². The molecule has 0 radical (unpaired) electrons. The van der Waals surface area contributed by atoms with Crippen LogP contribution in [-0.2, 0) is 4.79 Å². The van der Waals surface area contributed by atoms with Crippen molar-refractivity contribution >= 4 is 23.3 Å². The third-order valence-electron chi connectivity index (χ3n) is 3.79. The normalized spacial score (nSPS) is 14.6. The largest absolute Gasteiger partial charge is 0.436 e. The maximum atomic E-state index is 13.8. The van der Waals surface area contributed by atoms with E-state index in [0.717, 1.165) is 0 Å². The van der Waals surface area contributed by atoms with Crippen molar-refractivity contribution in [2.24, 2.45) is 0 Å². The number of hydrogen-bond donors (Lipinski definition) is 0. The van der Waals surface area contributed by atoms with Gasteiger partial charge in [0.15, 0.2) is 11.6 Å². The lowest BCUT2D eigenvalue weighted by molar-refractivity contribution is -0.129. The zero-order valence-electron chi connectivity index (χ0n) is 13.1. The summed E-state index contributed by atoms with van der Waals surface area (Å²) in [5.74, 6) is 0.482. The fourth-order valence-corrected chi connectivity index (χ4v) is 2.64. The van der Waals surface area contributed by atoms with Gasteiger partial charge in [-0.05, 0) is 18.2 Å². The Morgan fingerprint density at radius 2 is 1.96 bits per heavy atom. The molecule has 8 heteroatoms. The molecular formula is C16H16ClFN4O2. The van der Waals surface area contributed by atoms with E-state index < -0.39 is 5.82 Å². The Labute approximate surface area is 143 Å². The summed E-state index contributed by atoms with van der Waals surface area (Å²) in [6.45, 7) is 4.19. The number of amides is 1. The smallest absolute Gasteiger partial charge is 0.224 e. The van der Waals surface area contributed by atoms with Crippen LogP contribution in [-0.4, -0.2) is 47.0 Å². The summed E-state index contributed by atoms with van der Waals surface area (Å²) in [6.07, 6.45) is 1.37. The number of nitrogens with zero attached hydrogens (tertiary/aromatic N) is 4. The molecule has 0 saturated carbocycles. The molecule has 2 heterocycles. The number of benzene rings is 1. The van der Waals surface area contributed by atoms with Crippen LogP contribution in [0.3, 0.4) is 0 Å². The standard InChI is InChI=1S/C16H16ClFN4O2/c1-11(23)21-4-6-22(7-5-21)15-9-16(20-10-19-15)24-14-3-2-12(17)8-13(14)18/h2-3,8-10H,4-7H2,1H3. The van der Waals surface area contributed by atoms with E-state index in [1.807, 2.05) is 4.90 Å². The Morgan fingerprint density at radius 3 is 2.62 bits per heavy atom. The lowest BCUT2D eigenvalue weighted by atomic mass is 10.3. The summed E-state index contributed by atoms with van der Waals surface area (Å²) in [6, 6.07) is 5.82. The SMILES string of the molecule is CC(=O)N1CCN(c2cc(Oc3ccc(Cl)cc3F)ncn2)CC1. The van der Waals surface area contributed by atoms with Crippen LogP contribution in [0, 0.1) is 5.82 Å². The maximum Gasteiger partial charge on any atom is 0.224 e. The highest BCUT2D eigenvalue weighted by Gasteiger charge is 2.20. The minimum Gasteiger partial charge on any atom is -0.436 e. The number of piperazine rings is 1. The fraction of sp³-hybridized carbons (Fsp3) is 0.312. The van der Waals surface area contributed by atoms with Crippen LogP contribution in [0.1, 0.15) is 6.92 Å². The van der Waals surface area contributed by atoms with Crippen LogP contribution < -0.4 is 9.64 Å². The van der Waals surface area contributed by atoms with Crippen molar-refractivity contribution in [3.05, 3.63) is 41.4 Å². The topological polar surface area (TPSA) is 58.6 Å². The number of carbonyl (C=O) groups excluding carboxylic acids is 1. The minimum absolute atomic E-state index is 0.0467. The second-order valence-electron chi connectivity index (χ2n) is 5.38. The van der Waals surface area contributed by atoms with Crippen LogP contribution >= 0.6 is 11.6 Å². The summed E-state index contributed by atoms with van der Waals surface area (Å²) < 4.78 is 19.3. The van der Waals surface area contributed by atoms with Gasteiger partial charge in [-0.2, -0.15) is 0 Å². The maximum absolute atomic E-state index is 13.8. The molecule has 1 saturated heterocycles. The molecule has 3 rings (SSSR count). The first kappa shape index (κ1) is 16.4. The number of rotatable bonds is 3. The number of carbonyl (C=O) groups is 1. The van der Waals surface area contributed by atoms with E-state index in [2.05, 4.69) is 9.97 Å². The van der Waals surface area contributed by atoms with E-state index in [0.29, 0.717) is 37.0 Å². The lowest BCUT2D eigenvalue weighted by Gasteiger charge is -2.34. The van der Waals surface area contributed by atoms with Crippen molar-refractivity contribution in [3.8, 4) is 11.6 Å². The van der Waals surface area contributed by atoms with Crippen molar-refractivity contribution < 1.29 is 13.9 Å². The summed E-state index contributed by atoms with van der Waals surface area (Å²) in [7, 11) is 0. The van der Waals surface area contributed by atoms with Gasteiger partial charge in [0, 0.05) is 44.2 Å². The molecule has 0 N–H and O–H groups in total. The van der Waals surface area contributed by atoms with Crippen LogP contribution in [0.2, 0.25) is 5.02 Å². The van der Waals surface area contributed by atoms with E-state index in [1.165, 1.54) is 18.5 Å². The third kappa shape index (κ3) is 3.73.